The smallest absolute Gasteiger partial charge is 0.0960 e. The van der Waals surface area contributed by atoms with Crippen molar-refractivity contribution in [2.24, 2.45) is 4.99 Å². The van der Waals surface area contributed by atoms with Crippen molar-refractivity contribution < 1.29 is 0 Å². The zero-order valence-electron chi connectivity index (χ0n) is 8.51. The molecule has 0 aromatic carbocycles. The highest BCUT2D eigenvalue weighted by molar-refractivity contribution is 5.79. The second-order valence-electron chi connectivity index (χ2n) is 3.82. The molecule has 2 nitrogen and oxygen atoms in total. The van der Waals surface area contributed by atoms with Gasteiger partial charge in [0.2, 0.25) is 0 Å². The maximum absolute atomic E-state index is 4.54. The summed E-state index contributed by atoms with van der Waals surface area (Å²) in [7, 11) is 0. The molecule has 0 aromatic heterocycles. The largest absolute Gasteiger partial charge is 0.361 e. The molecule has 70 valence electrons. The van der Waals surface area contributed by atoms with Gasteiger partial charge in [-0.2, -0.15) is 0 Å². The number of hydrogen-bond acceptors (Lipinski definition) is 1. The quantitative estimate of drug-likeness (QED) is 0.433. The SMILES string of the molecule is C/C(=N\C(C)C)N1CCCCC1. The van der Waals surface area contributed by atoms with E-state index in [1.165, 1.54) is 38.2 Å². The Morgan fingerprint density at radius 2 is 1.75 bits per heavy atom. The van der Waals surface area contributed by atoms with Gasteiger partial charge >= 0.3 is 0 Å². The number of amidine groups is 1. The Morgan fingerprint density at radius 1 is 1.17 bits per heavy atom. The third-order valence-corrected chi connectivity index (χ3v) is 2.26. The lowest BCUT2D eigenvalue weighted by Gasteiger charge is -2.28. The molecule has 0 bridgehead atoms. The number of likely N-dealkylation sites (tertiary alicyclic amines) is 1. The van der Waals surface area contributed by atoms with E-state index in [0.29, 0.717) is 6.04 Å². The molecule has 0 aliphatic carbocycles. The summed E-state index contributed by atoms with van der Waals surface area (Å²) < 4.78 is 0. The Bertz CT molecular complexity index is 155. The minimum absolute atomic E-state index is 0.437. The lowest BCUT2D eigenvalue weighted by atomic mass is 10.1. The van der Waals surface area contributed by atoms with E-state index in [1.54, 1.807) is 0 Å². The van der Waals surface area contributed by atoms with Crippen molar-refractivity contribution in [3.8, 4) is 0 Å². The lowest BCUT2D eigenvalue weighted by molar-refractivity contribution is 0.339. The predicted molar refractivity (Wildman–Crippen MR) is 53.7 cm³/mol. The van der Waals surface area contributed by atoms with Gasteiger partial charge in [0.15, 0.2) is 0 Å². The predicted octanol–water partition coefficient (Wildman–Crippen LogP) is 2.30. The van der Waals surface area contributed by atoms with E-state index in [-0.39, 0.29) is 0 Å². The topological polar surface area (TPSA) is 15.6 Å². The van der Waals surface area contributed by atoms with Crippen LogP contribution in [0, 0.1) is 0 Å². The van der Waals surface area contributed by atoms with E-state index in [2.05, 4.69) is 30.7 Å². The second-order valence-corrected chi connectivity index (χ2v) is 3.82. The van der Waals surface area contributed by atoms with Crippen LogP contribution in [0.5, 0.6) is 0 Å². The Hall–Kier alpha value is -0.530. The number of nitrogens with zero attached hydrogens (tertiary/aromatic N) is 2. The molecule has 0 saturated carbocycles. The molecule has 0 N–H and O–H groups in total. The third kappa shape index (κ3) is 2.84. The van der Waals surface area contributed by atoms with Crippen molar-refractivity contribution in [3.05, 3.63) is 0 Å². The Labute approximate surface area is 75.7 Å². The summed E-state index contributed by atoms with van der Waals surface area (Å²) in [6.45, 7) is 8.82. The standard InChI is InChI=1S/C10H20N2/c1-9(2)11-10(3)12-7-5-4-6-8-12/h9H,4-8H2,1-3H3/b11-10+. The average Bonchev–Trinajstić information content (AvgIpc) is 2.05. The number of piperidine rings is 1. The van der Waals surface area contributed by atoms with Crippen LogP contribution in [0.25, 0.3) is 0 Å². The van der Waals surface area contributed by atoms with Crippen LogP contribution in [0.4, 0.5) is 0 Å². The van der Waals surface area contributed by atoms with Crippen molar-refractivity contribution in [1.29, 1.82) is 0 Å². The van der Waals surface area contributed by atoms with E-state index >= 15 is 0 Å². The fourth-order valence-corrected chi connectivity index (χ4v) is 1.67. The molecule has 12 heavy (non-hydrogen) atoms. The van der Waals surface area contributed by atoms with E-state index < -0.39 is 0 Å². The van der Waals surface area contributed by atoms with Crippen LogP contribution in [0.2, 0.25) is 0 Å². The summed E-state index contributed by atoms with van der Waals surface area (Å²) >= 11 is 0. The zero-order chi connectivity index (χ0) is 8.97. The first-order valence-electron chi connectivity index (χ1n) is 4.99. The molecular formula is C10H20N2. The summed E-state index contributed by atoms with van der Waals surface area (Å²) in [5, 5.41) is 0. The van der Waals surface area contributed by atoms with E-state index in [0.717, 1.165) is 0 Å². The summed E-state index contributed by atoms with van der Waals surface area (Å²) in [6, 6.07) is 0.437. The highest BCUT2D eigenvalue weighted by Gasteiger charge is 2.10. The molecule has 1 heterocycles. The van der Waals surface area contributed by atoms with Crippen LogP contribution in [0.15, 0.2) is 4.99 Å². The van der Waals surface area contributed by atoms with Crippen LogP contribution in [-0.4, -0.2) is 29.9 Å². The normalized spacial score (nSPS) is 20.3. The van der Waals surface area contributed by atoms with Gasteiger partial charge in [-0.15, -0.1) is 0 Å². The van der Waals surface area contributed by atoms with Gasteiger partial charge in [0.1, 0.15) is 0 Å². The molecule has 1 fully saturated rings. The molecule has 0 atom stereocenters. The molecule has 1 saturated heterocycles. The van der Waals surface area contributed by atoms with E-state index in [1.807, 2.05) is 0 Å². The summed E-state index contributed by atoms with van der Waals surface area (Å²) in [5.74, 6) is 1.23. The molecular weight excluding hydrogens is 148 g/mol. The third-order valence-electron chi connectivity index (χ3n) is 2.26. The fraction of sp³-hybridized carbons (Fsp3) is 0.900. The van der Waals surface area contributed by atoms with Crippen molar-refractivity contribution >= 4 is 5.84 Å². The Morgan fingerprint density at radius 3 is 2.25 bits per heavy atom. The first kappa shape index (κ1) is 9.56. The minimum Gasteiger partial charge on any atom is -0.361 e. The summed E-state index contributed by atoms with van der Waals surface area (Å²) in [5.41, 5.74) is 0. The van der Waals surface area contributed by atoms with Gasteiger partial charge in [0, 0.05) is 19.1 Å². The van der Waals surface area contributed by atoms with Gasteiger partial charge in [-0.1, -0.05) is 0 Å². The van der Waals surface area contributed by atoms with Gasteiger partial charge in [0.25, 0.3) is 0 Å². The molecule has 2 heteroatoms. The molecule has 0 aromatic rings. The zero-order valence-corrected chi connectivity index (χ0v) is 8.51. The highest BCUT2D eigenvalue weighted by Crippen LogP contribution is 2.09. The summed E-state index contributed by atoms with van der Waals surface area (Å²) in [6.07, 6.45) is 4.07. The molecule has 1 aliphatic heterocycles. The minimum atomic E-state index is 0.437. The van der Waals surface area contributed by atoms with Crippen molar-refractivity contribution in [2.45, 2.75) is 46.1 Å². The molecule has 0 spiro atoms. The lowest BCUT2D eigenvalue weighted by Crippen LogP contribution is -2.34. The second kappa shape index (κ2) is 4.48. The average molecular weight is 168 g/mol. The molecule has 0 amide bonds. The van der Waals surface area contributed by atoms with Crippen LogP contribution in [-0.2, 0) is 0 Å². The van der Waals surface area contributed by atoms with Crippen LogP contribution in [0.1, 0.15) is 40.0 Å². The highest BCUT2D eigenvalue weighted by atomic mass is 15.2. The van der Waals surface area contributed by atoms with E-state index in [4.69, 9.17) is 0 Å². The van der Waals surface area contributed by atoms with Crippen LogP contribution in [0.3, 0.4) is 0 Å². The first-order valence-corrected chi connectivity index (χ1v) is 4.99. The molecule has 0 unspecified atom stereocenters. The van der Waals surface area contributed by atoms with Crippen LogP contribution >= 0.6 is 0 Å². The van der Waals surface area contributed by atoms with Gasteiger partial charge in [0.05, 0.1) is 5.84 Å². The fourth-order valence-electron chi connectivity index (χ4n) is 1.67. The number of hydrogen-bond donors (Lipinski definition) is 0. The number of aliphatic imine (C=N–C) groups is 1. The first-order chi connectivity index (χ1) is 5.70. The number of rotatable bonds is 1. The monoisotopic (exact) mass is 168 g/mol. The Kier molecular flexibility index (Phi) is 3.57. The molecule has 0 radical (unpaired) electrons. The van der Waals surface area contributed by atoms with Crippen molar-refractivity contribution in [3.63, 3.8) is 0 Å². The van der Waals surface area contributed by atoms with E-state index in [9.17, 15) is 0 Å². The van der Waals surface area contributed by atoms with Crippen molar-refractivity contribution in [1.82, 2.24) is 4.90 Å². The van der Waals surface area contributed by atoms with Gasteiger partial charge in [-0.05, 0) is 40.0 Å². The Balaban J connectivity index is 2.44. The van der Waals surface area contributed by atoms with Crippen LogP contribution < -0.4 is 0 Å². The summed E-state index contributed by atoms with van der Waals surface area (Å²) in [4.78, 5) is 6.95. The van der Waals surface area contributed by atoms with Crippen molar-refractivity contribution in [2.75, 3.05) is 13.1 Å². The van der Waals surface area contributed by atoms with Gasteiger partial charge < -0.3 is 4.90 Å². The van der Waals surface area contributed by atoms with Gasteiger partial charge in [-0.3, -0.25) is 4.99 Å². The van der Waals surface area contributed by atoms with Gasteiger partial charge in [-0.25, -0.2) is 0 Å². The molecule has 1 rings (SSSR count). The maximum Gasteiger partial charge on any atom is 0.0960 e. The maximum atomic E-state index is 4.54. The molecule has 1 aliphatic rings.